The quantitative estimate of drug-likeness (QED) is 0.577. The average Bonchev–Trinajstić information content (AvgIpc) is 2.77. The van der Waals surface area contributed by atoms with Gasteiger partial charge in [-0.3, -0.25) is 4.79 Å². The van der Waals surface area contributed by atoms with Gasteiger partial charge in [-0.25, -0.2) is 4.79 Å². The van der Waals surface area contributed by atoms with Crippen LogP contribution < -0.4 is 10.4 Å². The van der Waals surface area contributed by atoms with Gasteiger partial charge in [0.2, 0.25) is 0 Å². The Kier molecular flexibility index (Phi) is 7.07. The Morgan fingerprint density at radius 1 is 1.10 bits per heavy atom. The second kappa shape index (κ2) is 9.93. The summed E-state index contributed by atoms with van der Waals surface area (Å²) in [5, 5.41) is 9.73. The van der Waals surface area contributed by atoms with Gasteiger partial charge >= 0.3 is 5.69 Å². The number of ether oxygens (including phenoxy) is 1. The van der Waals surface area contributed by atoms with Crippen molar-refractivity contribution in [3.8, 4) is 34.0 Å². The maximum Gasteiger partial charge on any atom is 0.345 e. The molecule has 0 spiro atoms. The molecule has 0 aliphatic carbocycles. The maximum absolute atomic E-state index is 12.2. The molecule has 0 radical (unpaired) electrons. The van der Waals surface area contributed by atoms with Crippen LogP contribution in [0.15, 0.2) is 53.3 Å². The molecule has 0 aliphatic rings. The lowest BCUT2D eigenvalue weighted by atomic mass is 10.1. The number of carbonyl (C=O) groups excluding carboxylic acids is 1. The Morgan fingerprint density at radius 2 is 1.81 bits per heavy atom. The number of phenols is 1. The molecule has 0 saturated heterocycles. The second-order valence-corrected chi connectivity index (χ2v) is 7.27. The third-order valence-electron chi connectivity index (χ3n) is 4.99. The van der Waals surface area contributed by atoms with Gasteiger partial charge < -0.3 is 19.7 Å². The van der Waals surface area contributed by atoms with Crippen LogP contribution in [0.3, 0.4) is 0 Å². The zero-order valence-electron chi connectivity index (χ0n) is 18.0. The Balaban J connectivity index is 1.76. The zero-order valence-corrected chi connectivity index (χ0v) is 18.0. The van der Waals surface area contributed by atoms with E-state index in [1.165, 1.54) is 0 Å². The van der Waals surface area contributed by atoms with E-state index in [0.717, 1.165) is 24.1 Å². The first-order valence-corrected chi connectivity index (χ1v) is 10.3. The van der Waals surface area contributed by atoms with Crippen LogP contribution in [-0.2, 0) is 4.79 Å². The number of aromatic amines is 1. The van der Waals surface area contributed by atoms with Crippen LogP contribution in [-0.4, -0.2) is 45.6 Å². The minimum atomic E-state index is -0.459. The Labute approximate surface area is 181 Å². The molecule has 31 heavy (non-hydrogen) atoms. The van der Waals surface area contributed by atoms with E-state index in [4.69, 9.17) is 4.74 Å². The molecular formula is C24H27N3O4. The van der Waals surface area contributed by atoms with E-state index in [1.54, 1.807) is 48.2 Å². The summed E-state index contributed by atoms with van der Waals surface area (Å²) in [6, 6.07) is 14.1. The van der Waals surface area contributed by atoms with Crippen molar-refractivity contribution in [2.24, 2.45) is 0 Å². The van der Waals surface area contributed by atoms with Gasteiger partial charge in [0.05, 0.1) is 11.4 Å². The van der Waals surface area contributed by atoms with Crippen molar-refractivity contribution in [2.75, 3.05) is 19.7 Å². The van der Waals surface area contributed by atoms with Gasteiger partial charge in [0.1, 0.15) is 11.5 Å². The number of nitrogens with zero attached hydrogens (tertiary/aromatic N) is 2. The molecule has 3 aromatic rings. The monoisotopic (exact) mass is 421 g/mol. The lowest BCUT2D eigenvalue weighted by Crippen LogP contribution is -2.35. The largest absolute Gasteiger partial charge is 0.508 e. The van der Waals surface area contributed by atoms with Crippen molar-refractivity contribution in [3.63, 3.8) is 0 Å². The topological polar surface area (TPSA) is 95.5 Å². The third-order valence-corrected chi connectivity index (χ3v) is 4.99. The molecule has 0 unspecified atom stereocenters. The van der Waals surface area contributed by atoms with Gasteiger partial charge in [-0.05, 0) is 79.9 Å². The summed E-state index contributed by atoms with van der Waals surface area (Å²) in [6.07, 6.45) is 0.907. The summed E-state index contributed by atoms with van der Waals surface area (Å²) in [5.41, 5.74) is 2.91. The predicted molar refractivity (Wildman–Crippen MR) is 120 cm³/mol. The van der Waals surface area contributed by atoms with Crippen LogP contribution in [0.1, 0.15) is 25.8 Å². The Morgan fingerprint density at radius 3 is 2.45 bits per heavy atom. The first kappa shape index (κ1) is 22.1. The number of hydrogen-bond acceptors (Lipinski definition) is 5. The SMILES string of the molecule is CCCN(CC)C(=O)COc1ccc(-c2cc(-c3ccc(O)c(C)c3)nc(=O)[nH]2)cc1. The molecule has 0 aliphatic heterocycles. The highest BCUT2D eigenvalue weighted by molar-refractivity contribution is 5.77. The molecule has 0 atom stereocenters. The molecule has 1 heterocycles. The normalized spacial score (nSPS) is 10.7. The number of likely N-dealkylation sites (N-methyl/N-ethyl adjacent to an activating group) is 1. The number of hydrogen-bond donors (Lipinski definition) is 2. The van der Waals surface area contributed by atoms with E-state index in [9.17, 15) is 14.7 Å². The van der Waals surface area contributed by atoms with Crippen molar-refractivity contribution >= 4 is 5.91 Å². The lowest BCUT2D eigenvalue weighted by molar-refractivity contribution is -0.133. The van der Waals surface area contributed by atoms with Gasteiger partial charge in [0.25, 0.3) is 5.91 Å². The summed E-state index contributed by atoms with van der Waals surface area (Å²) in [6.45, 7) is 7.14. The number of aryl methyl sites for hydroxylation is 1. The molecular weight excluding hydrogens is 394 g/mol. The lowest BCUT2D eigenvalue weighted by Gasteiger charge is -2.20. The smallest absolute Gasteiger partial charge is 0.345 e. The number of phenolic OH excluding ortho intramolecular Hbond substituents is 1. The summed E-state index contributed by atoms with van der Waals surface area (Å²) >= 11 is 0. The molecule has 162 valence electrons. The fraction of sp³-hybridized carbons (Fsp3) is 0.292. The van der Waals surface area contributed by atoms with E-state index < -0.39 is 5.69 Å². The number of carbonyl (C=O) groups is 1. The molecule has 7 heteroatoms. The van der Waals surface area contributed by atoms with Gasteiger partial charge in [0, 0.05) is 18.7 Å². The second-order valence-electron chi connectivity index (χ2n) is 7.27. The van der Waals surface area contributed by atoms with Crippen LogP contribution in [0, 0.1) is 6.92 Å². The van der Waals surface area contributed by atoms with Crippen molar-refractivity contribution in [1.82, 2.24) is 14.9 Å². The molecule has 0 saturated carbocycles. The average molecular weight is 421 g/mol. The highest BCUT2D eigenvalue weighted by atomic mass is 16.5. The minimum absolute atomic E-state index is 0.0103. The third kappa shape index (κ3) is 5.51. The number of benzene rings is 2. The van der Waals surface area contributed by atoms with E-state index in [-0.39, 0.29) is 18.3 Å². The fourth-order valence-electron chi connectivity index (χ4n) is 3.27. The summed E-state index contributed by atoms with van der Waals surface area (Å²) < 4.78 is 5.63. The van der Waals surface area contributed by atoms with Gasteiger partial charge in [-0.1, -0.05) is 6.92 Å². The summed E-state index contributed by atoms with van der Waals surface area (Å²) in [5.74, 6) is 0.732. The van der Waals surface area contributed by atoms with Crippen molar-refractivity contribution in [1.29, 1.82) is 0 Å². The Bertz CT molecular complexity index is 1110. The summed E-state index contributed by atoms with van der Waals surface area (Å²) in [4.78, 5) is 32.9. The molecule has 0 fully saturated rings. The first-order valence-electron chi connectivity index (χ1n) is 10.3. The van der Waals surface area contributed by atoms with E-state index >= 15 is 0 Å². The van der Waals surface area contributed by atoms with Gasteiger partial charge in [-0.2, -0.15) is 4.98 Å². The van der Waals surface area contributed by atoms with Crippen molar-refractivity contribution < 1.29 is 14.6 Å². The fourth-order valence-corrected chi connectivity index (χ4v) is 3.27. The minimum Gasteiger partial charge on any atom is -0.508 e. The highest BCUT2D eigenvalue weighted by Gasteiger charge is 2.12. The maximum atomic E-state index is 12.2. The number of aromatic nitrogens is 2. The van der Waals surface area contributed by atoms with E-state index in [1.807, 2.05) is 26.0 Å². The van der Waals surface area contributed by atoms with Crippen molar-refractivity contribution in [2.45, 2.75) is 27.2 Å². The van der Waals surface area contributed by atoms with Crippen LogP contribution in [0.2, 0.25) is 0 Å². The van der Waals surface area contributed by atoms with Gasteiger partial charge in [0.15, 0.2) is 6.61 Å². The molecule has 1 amide bonds. The van der Waals surface area contributed by atoms with Crippen LogP contribution >= 0.6 is 0 Å². The van der Waals surface area contributed by atoms with Crippen LogP contribution in [0.25, 0.3) is 22.5 Å². The zero-order chi connectivity index (χ0) is 22.4. The number of rotatable bonds is 8. The predicted octanol–water partition coefficient (Wildman–Crippen LogP) is 3.76. The summed E-state index contributed by atoms with van der Waals surface area (Å²) in [7, 11) is 0. The molecule has 3 rings (SSSR count). The molecule has 7 nitrogen and oxygen atoms in total. The van der Waals surface area contributed by atoms with Gasteiger partial charge in [-0.15, -0.1) is 0 Å². The molecule has 2 aromatic carbocycles. The van der Waals surface area contributed by atoms with E-state index in [0.29, 0.717) is 29.2 Å². The van der Waals surface area contributed by atoms with E-state index in [2.05, 4.69) is 9.97 Å². The standard InChI is InChI=1S/C24H27N3O4/c1-4-12-27(5-2)23(29)15-31-19-9-6-17(7-10-19)20-14-21(26-24(30)25-20)18-8-11-22(28)16(3)13-18/h6-11,13-14,28H,4-5,12,15H2,1-3H3,(H,25,26,30). The molecule has 1 aromatic heterocycles. The number of H-pyrrole nitrogens is 1. The van der Waals surface area contributed by atoms with Crippen LogP contribution in [0.4, 0.5) is 0 Å². The molecule has 0 bridgehead atoms. The first-order chi connectivity index (χ1) is 14.9. The number of amides is 1. The Hall–Kier alpha value is -3.61. The number of aromatic hydroxyl groups is 1. The highest BCUT2D eigenvalue weighted by Crippen LogP contribution is 2.26. The number of nitrogens with one attached hydrogen (secondary N) is 1. The molecule has 2 N–H and O–H groups in total. The van der Waals surface area contributed by atoms with Crippen LogP contribution in [0.5, 0.6) is 11.5 Å². The van der Waals surface area contributed by atoms with Crippen molar-refractivity contribution in [3.05, 3.63) is 64.6 Å².